The zero-order valence-corrected chi connectivity index (χ0v) is 20.2. The highest BCUT2D eigenvalue weighted by atomic mass is 16.7. The SMILES string of the molecule is COc1cc(/C=C/CO)cc(OC)c1O[C@@H]1O[C@H](CO[C@@H]2O[C@H](CO)[C@@H](O)[C@H](O)[C@H]2O)[C@@H](O)[C@H](O)[C@H]1O. The van der Waals surface area contributed by atoms with Gasteiger partial charge in [0.25, 0.3) is 0 Å². The van der Waals surface area contributed by atoms with Crippen LogP contribution in [0.3, 0.4) is 0 Å². The second-order valence-electron chi connectivity index (χ2n) is 8.50. The second-order valence-corrected chi connectivity index (χ2v) is 8.50. The molecule has 2 saturated heterocycles. The van der Waals surface area contributed by atoms with Crippen molar-refractivity contribution in [3.05, 3.63) is 23.8 Å². The van der Waals surface area contributed by atoms with E-state index in [1.165, 1.54) is 20.3 Å². The first-order valence-electron chi connectivity index (χ1n) is 11.5. The van der Waals surface area contributed by atoms with E-state index in [2.05, 4.69) is 0 Å². The van der Waals surface area contributed by atoms with E-state index in [-0.39, 0.29) is 23.9 Å². The van der Waals surface area contributed by atoms with Crippen LogP contribution in [-0.2, 0) is 14.2 Å². The van der Waals surface area contributed by atoms with Crippen molar-refractivity contribution in [2.75, 3.05) is 34.0 Å². The third-order valence-electron chi connectivity index (χ3n) is 6.07. The van der Waals surface area contributed by atoms with E-state index >= 15 is 0 Å². The first kappa shape index (κ1) is 29.5. The molecule has 0 bridgehead atoms. The minimum absolute atomic E-state index is 0.0207. The van der Waals surface area contributed by atoms with Gasteiger partial charge in [0.05, 0.1) is 34.0 Å². The predicted molar refractivity (Wildman–Crippen MR) is 123 cm³/mol. The molecule has 3 rings (SSSR count). The van der Waals surface area contributed by atoms with E-state index in [0.29, 0.717) is 5.56 Å². The number of methoxy groups -OCH3 is 2. The minimum atomic E-state index is -1.73. The largest absolute Gasteiger partial charge is 0.493 e. The molecule has 0 aliphatic carbocycles. The van der Waals surface area contributed by atoms with E-state index in [1.54, 1.807) is 18.2 Å². The third kappa shape index (κ3) is 6.50. The molecule has 0 amide bonds. The van der Waals surface area contributed by atoms with Crippen LogP contribution in [0.2, 0.25) is 0 Å². The Bertz CT molecular complexity index is 869. The summed E-state index contributed by atoms with van der Waals surface area (Å²) in [5.41, 5.74) is 0.612. The lowest BCUT2D eigenvalue weighted by Gasteiger charge is -2.42. The molecule has 2 aliphatic rings. The topological polar surface area (TPSA) is 217 Å². The molecule has 0 radical (unpaired) electrons. The van der Waals surface area contributed by atoms with E-state index in [1.807, 2.05) is 0 Å². The molecule has 14 heteroatoms. The van der Waals surface area contributed by atoms with Crippen LogP contribution in [0.5, 0.6) is 17.2 Å². The van der Waals surface area contributed by atoms with Crippen molar-refractivity contribution in [3.8, 4) is 17.2 Å². The second kappa shape index (κ2) is 13.1. The molecule has 2 heterocycles. The highest BCUT2D eigenvalue weighted by Gasteiger charge is 2.48. The van der Waals surface area contributed by atoms with Crippen molar-refractivity contribution in [1.82, 2.24) is 0 Å². The van der Waals surface area contributed by atoms with E-state index in [4.69, 9.17) is 33.5 Å². The maximum absolute atomic E-state index is 10.5. The molecule has 1 aromatic carbocycles. The van der Waals surface area contributed by atoms with Crippen LogP contribution in [0.1, 0.15) is 5.56 Å². The summed E-state index contributed by atoms with van der Waals surface area (Å²) in [5, 5.41) is 79.6. The Kier molecular flexibility index (Phi) is 10.5. The minimum Gasteiger partial charge on any atom is -0.493 e. The number of hydrogen-bond donors (Lipinski definition) is 8. The van der Waals surface area contributed by atoms with Crippen molar-refractivity contribution < 1.29 is 69.3 Å². The summed E-state index contributed by atoms with van der Waals surface area (Å²) in [7, 11) is 2.74. The lowest BCUT2D eigenvalue weighted by Crippen LogP contribution is -2.62. The fourth-order valence-electron chi connectivity index (χ4n) is 3.96. The van der Waals surface area contributed by atoms with Crippen LogP contribution in [0.4, 0.5) is 0 Å². The summed E-state index contributed by atoms with van der Waals surface area (Å²) in [6.07, 6.45) is -12.5. The molecule has 0 aromatic heterocycles. The first-order valence-corrected chi connectivity index (χ1v) is 11.5. The van der Waals surface area contributed by atoms with Crippen molar-refractivity contribution in [2.45, 2.75) is 61.4 Å². The van der Waals surface area contributed by atoms with Crippen LogP contribution < -0.4 is 14.2 Å². The molecule has 0 saturated carbocycles. The molecule has 10 atom stereocenters. The van der Waals surface area contributed by atoms with Gasteiger partial charge in [-0.3, -0.25) is 0 Å². The highest BCUT2D eigenvalue weighted by molar-refractivity contribution is 5.62. The number of benzene rings is 1. The number of ether oxygens (including phenoxy) is 6. The van der Waals surface area contributed by atoms with Crippen LogP contribution in [0.25, 0.3) is 6.08 Å². The summed E-state index contributed by atoms with van der Waals surface area (Å²) < 4.78 is 32.8. The molecule has 14 nitrogen and oxygen atoms in total. The summed E-state index contributed by atoms with van der Waals surface area (Å²) in [6.45, 7) is -1.35. The molecule has 8 N–H and O–H groups in total. The number of aliphatic hydroxyl groups is 8. The van der Waals surface area contributed by atoms with Crippen LogP contribution in [-0.4, -0.2) is 136 Å². The number of hydrogen-bond acceptors (Lipinski definition) is 14. The average molecular weight is 535 g/mol. The molecule has 2 fully saturated rings. The summed E-state index contributed by atoms with van der Waals surface area (Å²) in [6, 6.07) is 3.15. The van der Waals surface area contributed by atoms with Crippen molar-refractivity contribution in [1.29, 1.82) is 0 Å². The third-order valence-corrected chi connectivity index (χ3v) is 6.07. The zero-order chi connectivity index (χ0) is 27.3. The van der Waals surface area contributed by atoms with Gasteiger partial charge in [0.15, 0.2) is 17.8 Å². The van der Waals surface area contributed by atoms with E-state index < -0.39 is 74.6 Å². The van der Waals surface area contributed by atoms with Gasteiger partial charge in [-0.1, -0.05) is 12.2 Å². The molecule has 0 spiro atoms. The first-order chi connectivity index (χ1) is 17.7. The standard InChI is InChI=1S/C23H34O14/c1-32-11-6-10(4-3-5-24)7-12(33-2)21(11)37-23-20(31)18(29)16(27)14(36-23)9-34-22-19(30)17(28)15(26)13(8-25)35-22/h3-4,6-7,13-20,22-31H,5,8-9H2,1-2H3/b4-3+/t13-,14-,15-,16-,17+,18+,19-,20-,22-,23+/m1/s1. The van der Waals surface area contributed by atoms with Crippen LogP contribution in [0, 0.1) is 0 Å². The van der Waals surface area contributed by atoms with E-state index in [9.17, 15) is 35.7 Å². The average Bonchev–Trinajstić information content (AvgIpc) is 2.91. The monoisotopic (exact) mass is 534 g/mol. The van der Waals surface area contributed by atoms with Crippen molar-refractivity contribution in [3.63, 3.8) is 0 Å². The number of rotatable bonds is 10. The Morgan fingerprint density at radius 2 is 1.30 bits per heavy atom. The Morgan fingerprint density at radius 1 is 0.757 bits per heavy atom. The molecule has 1 aromatic rings. The van der Waals surface area contributed by atoms with Gasteiger partial charge in [-0.15, -0.1) is 0 Å². The summed E-state index contributed by atoms with van der Waals surface area (Å²) >= 11 is 0. The Hall–Kier alpha value is -2.08. The molecule has 0 unspecified atom stereocenters. The van der Waals surface area contributed by atoms with Gasteiger partial charge in [-0.25, -0.2) is 0 Å². The predicted octanol–water partition coefficient (Wildman–Crippen LogP) is -3.29. The summed E-state index contributed by atoms with van der Waals surface area (Å²) in [5.74, 6) is 0.386. The Labute approximate surface area is 212 Å². The fraction of sp³-hybridized carbons (Fsp3) is 0.652. The van der Waals surface area contributed by atoms with Crippen LogP contribution in [0.15, 0.2) is 18.2 Å². The maximum atomic E-state index is 10.5. The van der Waals surface area contributed by atoms with Gasteiger partial charge < -0.3 is 69.3 Å². The van der Waals surface area contributed by atoms with Gasteiger partial charge in [0.1, 0.15) is 48.8 Å². The quantitative estimate of drug-likeness (QED) is 0.148. The maximum Gasteiger partial charge on any atom is 0.229 e. The van der Waals surface area contributed by atoms with Gasteiger partial charge >= 0.3 is 0 Å². The molecule has 210 valence electrons. The lowest BCUT2D eigenvalue weighted by molar-refractivity contribution is -0.323. The molecule has 2 aliphatic heterocycles. The lowest BCUT2D eigenvalue weighted by atomic mass is 9.98. The van der Waals surface area contributed by atoms with Gasteiger partial charge in [0.2, 0.25) is 12.0 Å². The van der Waals surface area contributed by atoms with Gasteiger partial charge in [-0.05, 0) is 17.7 Å². The zero-order valence-electron chi connectivity index (χ0n) is 20.2. The summed E-state index contributed by atoms with van der Waals surface area (Å²) in [4.78, 5) is 0. The molecule has 37 heavy (non-hydrogen) atoms. The molecular formula is C23H34O14. The van der Waals surface area contributed by atoms with Crippen molar-refractivity contribution in [2.24, 2.45) is 0 Å². The normalized spacial score (nSPS) is 36.5. The highest BCUT2D eigenvalue weighted by Crippen LogP contribution is 2.41. The van der Waals surface area contributed by atoms with Crippen LogP contribution >= 0.6 is 0 Å². The van der Waals surface area contributed by atoms with Crippen molar-refractivity contribution >= 4 is 6.08 Å². The smallest absolute Gasteiger partial charge is 0.229 e. The Morgan fingerprint density at radius 3 is 1.84 bits per heavy atom. The van der Waals surface area contributed by atoms with Gasteiger partial charge in [0, 0.05) is 0 Å². The fourth-order valence-corrected chi connectivity index (χ4v) is 3.96. The van der Waals surface area contributed by atoms with E-state index in [0.717, 1.165) is 0 Å². The molecular weight excluding hydrogens is 500 g/mol. The number of aliphatic hydroxyl groups excluding tert-OH is 8. The van der Waals surface area contributed by atoms with Gasteiger partial charge in [-0.2, -0.15) is 0 Å². The Balaban J connectivity index is 1.76.